The first-order chi connectivity index (χ1) is 9.22. The summed E-state index contributed by atoms with van der Waals surface area (Å²) in [6.45, 7) is 2.89. The lowest BCUT2D eigenvalue weighted by atomic mass is 10.2. The Morgan fingerprint density at radius 2 is 2.26 bits per heavy atom. The molecule has 0 aromatic carbocycles. The van der Waals surface area contributed by atoms with Crippen LogP contribution in [-0.4, -0.2) is 38.9 Å². The van der Waals surface area contributed by atoms with Gasteiger partial charge in [0.2, 0.25) is 0 Å². The summed E-state index contributed by atoms with van der Waals surface area (Å²) in [5.74, 6) is 0.767. The highest BCUT2D eigenvalue weighted by Crippen LogP contribution is 2.08. The minimum absolute atomic E-state index is 0.0122. The van der Waals surface area contributed by atoms with Gasteiger partial charge in [-0.15, -0.1) is 0 Å². The zero-order valence-electron chi connectivity index (χ0n) is 11.3. The predicted octanol–water partition coefficient (Wildman–Crippen LogP) is 2.14. The Labute approximate surface area is 112 Å². The number of nitrogens with zero attached hydrogens (tertiary/aromatic N) is 4. The second kappa shape index (κ2) is 6.13. The van der Waals surface area contributed by atoms with Gasteiger partial charge in [0.25, 0.3) is 5.91 Å². The average molecular weight is 258 g/mol. The van der Waals surface area contributed by atoms with Crippen molar-refractivity contribution in [2.24, 2.45) is 0 Å². The van der Waals surface area contributed by atoms with Crippen LogP contribution in [0.1, 0.15) is 30.1 Å². The van der Waals surface area contributed by atoms with Gasteiger partial charge in [0.1, 0.15) is 12.1 Å². The van der Waals surface area contributed by atoms with Crippen molar-refractivity contribution >= 4 is 5.91 Å². The number of rotatable bonds is 5. The lowest BCUT2D eigenvalue weighted by molar-refractivity contribution is 0.0793. The van der Waals surface area contributed by atoms with Crippen molar-refractivity contribution in [1.82, 2.24) is 19.4 Å². The molecule has 0 saturated heterocycles. The first kappa shape index (κ1) is 13.3. The quantitative estimate of drug-likeness (QED) is 0.825. The molecule has 0 aliphatic rings. The molecule has 0 N–H and O–H groups in total. The minimum Gasteiger partial charge on any atom is -0.342 e. The van der Waals surface area contributed by atoms with E-state index in [1.807, 2.05) is 19.3 Å². The number of pyridine rings is 1. The number of carbonyl (C=O) groups is 1. The van der Waals surface area contributed by atoms with Gasteiger partial charge in [-0.05, 0) is 18.6 Å². The highest BCUT2D eigenvalue weighted by Gasteiger charge is 2.11. The van der Waals surface area contributed by atoms with Crippen molar-refractivity contribution < 1.29 is 4.79 Å². The molecule has 2 rings (SSSR count). The van der Waals surface area contributed by atoms with Gasteiger partial charge in [0.15, 0.2) is 0 Å². The Morgan fingerprint density at radius 1 is 1.42 bits per heavy atom. The molecule has 0 aliphatic heterocycles. The van der Waals surface area contributed by atoms with Crippen LogP contribution in [-0.2, 0) is 0 Å². The lowest BCUT2D eigenvalue weighted by Crippen LogP contribution is -2.27. The first-order valence-electron chi connectivity index (χ1n) is 6.42. The van der Waals surface area contributed by atoms with Crippen molar-refractivity contribution in [3.63, 3.8) is 0 Å². The van der Waals surface area contributed by atoms with Gasteiger partial charge in [0.05, 0.1) is 5.56 Å². The largest absolute Gasteiger partial charge is 0.342 e. The van der Waals surface area contributed by atoms with Crippen LogP contribution in [0.25, 0.3) is 5.82 Å². The molecule has 1 amide bonds. The van der Waals surface area contributed by atoms with E-state index in [2.05, 4.69) is 16.9 Å². The number of hydrogen-bond acceptors (Lipinski definition) is 3. The predicted molar refractivity (Wildman–Crippen MR) is 73.2 cm³/mol. The number of aromatic nitrogens is 3. The summed E-state index contributed by atoms with van der Waals surface area (Å²) in [4.78, 5) is 22.1. The van der Waals surface area contributed by atoms with Crippen molar-refractivity contribution in [1.29, 1.82) is 0 Å². The van der Waals surface area contributed by atoms with E-state index in [-0.39, 0.29) is 5.91 Å². The molecule has 19 heavy (non-hydrogen) atoms. The van der Waals surface area contributed by atoms with Crippen LogP contribution in [0, 0.1) is 0 Å². The maximum atomic E-state index is 12.1. The zero-order valence-corrected chi connectivity index (χ0v) is 11.3. The van der Waals surface area contributed by atoms with Gasteiger partial charge < -0.3 is 4.90 Å². The second-order valence-electron chi connectivity index (χ2n) is 4.46. The molecular formula is C14H18N4O. The molecule has 0 bridgehead atoms. The highest BCUT2D eigenvalue weighted by molar-refractivity contribution is 5.93. The van der Waals surface area contributed by atoms with E-state index in [0.29, 0.717) is 5.56 Å². The second-order valence-corrected chi connectivity index (χ2v) is 4.46. The lowest BCUT2D eigenvalue weighted by Gasteiger charge is -2.16. The fourth-order valence-electron chi connectivity index (χ4n) is 1.78. The molecule has 5 heteroatoms. The summed E-state index contributed by atoms with van der Waals surface area (Å²) in [5, 5.41) is 0. The standard InChI is InChI=1S/C14H18N4O/c1-3-4-8-17(2)14(19)12-5-6-13(16-10-12)18-9-7-15-11-18/h5-7,9-11H,3-4,8H2,1-2H3. The normalized spacial score (nSPS) is 10.4. The molecule has 0 spiro atoms. The van der Waals surface area contributed by atoms with Crippen LogP contribution in [0.4, 0.5) is 0 Å². The molecule has 2 aromatic heterocycles. The van der Waals surface area contributed by atoms with Crippen molar-refractivity contribution in [2.75, 3.05) is 13.6 Å². The number of carbonyl (C=O) groups excluding carboxylic acids is 1. The van der Waals surface area contributed by atoms with Gasteiger partial charge >= 0.3 is 0 Å². The van der Waals surface area contributed by atoms with E-state index in [9.17, 15) is 4.79 Å². The van der Waals surface area contributed by atoms with Crippen LogP contribution >= 0.6 is 0 Å². The topological polar surface area (TPSA) is 51.0 Å². The number of imidazole rings is 1. The van der Waals surface area contributed by atoms with Crippen LogP contribution in [0.15, 0.2) is 37.1 Å². The van der Waals surface area contributed by atoms with Crippen LogP contribution in [0.5, 0.6) is 0 Å². The maximum absolute atomic E-state index is 12.1. The van der Waals surface area contributed by atoms with Crippen LogP contribution < -0.4 is 0 Å². The van der Waals surface area contributed by atoms with Gasteiger partial charge in [-0.1, -0.05) is 13.3 Å². The van der Waals surface area contributed by atoms with E-state index in [1.165, 1.54) is 0 Å². The maximum Gasteiger partial charge on any atom is 0.255 e. The number of unbranched alkanes of at least 4 members (excludes halogenated alkanes) is 1. The van der Waals surface area contributed by atoms with E-state index in [1.54, 1.807) is 34.3 Å². The van der Waals surface area contributed by atoms with Crippen LogP contribution in [0.3, 0.4) is 0 Å². The first-order valence-corrected chi connectivity index (χ1v) is 6.42. The monoisotopic (exact) mass is 258 g/mol. The summed E-state index contributed by atoms with van der Waals surface area (Å²) in [5.41, 5.74) is 0.613. The average Bonchev–Trinajstić information content (AvgIpc) is 2.98. The smallest absolute Gasteiger partial charge is 0.255 e. The summed E-state index contributed by atoms with van der Waals surface area (Å²) < 4.78 is 1.80. The van der Waals surface area contributed by atoms with Crippen molar-refractivity contribution in [3.05, 3.63) is 42.6 Å². The molecule has 2 aromatic rings. The molecule has 0 atom stereocenters. The molecule has 0 radical (unpaired) electrons. The molecule has 0 unspecified atom stereocenters. The summed E-state index contributed by atoms with van der Waals surface area (Å²) in [7, 11) is 1.82. The summed E-state index contributed by atoms with van der Waals surface area (Å²) in [6.07, 6.45) is 8.89. The minimum atomic E-state index is 0.0122. The van der Waals surface area contributed by atoms with Crippen molar-refractivity contribution in [3.8, 4) is 5.82 Å². The Bertz CT molecular complexity index is 519. The summed E-state index contributed by atoms with van der Waals surface area (Å²) >= 11 is 0. The molecule has 0 saturated carbocycles. The Kier molecular flexibility index (Phi) is 4.28. The van der Waals surface area contributed by atoms with E-state index in [4.69, 9.17) is 0 Å². The Morgan fingerprint density at radius 3 is 2.84 bits per heavy atom. The third kappa shape index (κ3) is 3.19. The Hall–Kier alpha value is -2.17. The van der Waals surface area contributed by atoms with E-state index in [0.717, 1.165) is 25.2 Å². The zero-order chi connectivity index (χ0) is 13.7. The summed E-state index contributed by atoms with van der Waals surface area (Å²) in [6, 6.07) is 3.62. The van der Waals surface area contributed by atoms with Gasteiger partial charge in [-0.25, -0.2) is 9.97 Å². The fourth-order valence-corrected chi connectivity index (χ4v) is 1.78. The molecule has 100 valence electrons. The highest BCUT2D eigenvalue weighted by atomic mass is 16.2. The number of amides is 1. The van der Waals surface area contributed by atoms with Gasteiger partial charge in [-0.2, -0.15) is 0 Å². The van der Waals surface area contributed by atoms with Gasteiger partial charge in [-0.3, -0.25) is 9.36 Å². The molecule has 5 nitrogen and oxygen atoms in total. The van der Waals surface area contributed by atoms with E-state index < -0.39 is 0 Å². The van der Waals surface area contributed by atoms with Crippen molar-refractivity contribution in [2.45, 2.75) is 19.8 Å². The SMILES string of the molecule is CCCCN(C)C(=O)c1ccc(-n2ccnc2)nc1. The number of hydrogen-bond donors (Lipinski definition) is 0. The van der Waals surface area contributed by atoms with E-state index >= 15 is 0 Å². The molecule has 2 heterocycles. The molecular weight excluding hydrogens is 240 g/mol. The molecule has 0 aliphatic carbocycles. The Balaban J connectivity index is 2.08. The third-order valence-corrected chi connectivity index (χ3v) is 2.96. The van der Waals surface area contributed by atoms with Crippen LogP contribution in [0.2, 0.25) is 0 Å². The third-order valence-electron chi connectivity index (χ3n) is 2.96. The fraction of sp³-hybridized carbons (Fsp3) is 0.357. The van der Waals surface area contributed by atoms with Gasteiger partial charge in [0, 0.05) is 32.2 Å². The molecule has 0 fully saturated rings.